The van der Waals surface area contributed by atoms with Gasteiger partial charge < -0.3 is 19.4 Å². The normalized spacial score (nSPS) is 18.7. The molecule has 2 aromatic carbocycles. The molecular formula is C20H21N3O3. The summed E-state index contributed by atoms with van der Waals surface area (Å²) in [6.07, 6.45) is -1.06. The number of fused-ring (bicyclic) bond motifs is 2. The molecule has 0 aliphatic carbocycles. The first-order chi connectivity index (χ1) is 12.7. The highest BCUT2D eigenvalue weighted by atomic mass is 16.6. The SMILES string of the molecule is CCn1c(CNC(=O)[C@H]2Oc3ccccc3O[C@H]2C)nc2ccccc21. The van der Waals surface area contributed by atoms with Gasteiger partial charge in [0.15, 0.2) is 11.5 Å². The van der Waals surface area contributed by atoms with Crippen molar-refractivity contribution in [3.05, 3.63) is 54.4 Å². The topological polar surface area (TPSA) is 65.4 Å². The predicted molar refractivity (Wildman–Crippen MR) is 98.2 cm³/mol. The van der Waals surface area contributed by atoms with Gasteiger partial charge in [0.2, 0.25) is 6.10 Å². The maximum absolute atomic E-state index is 12.7. The van der Waals surface area contributed by atoms with Crippen molar-refractivity contribution in [2.45, 2.75) is 39.1 Å². The lowest BCUT2D eigenvalue weighted by atomic mass is 10.1. The fraction of sp³-hybridized carbons (Fsp3) is 0.300. The van der Waals surface area contributed by atoms with Crippen molar-refractivity contribution in [1.82, 2.24) is 14.9 Å². The molecule has 3 aromatic rings. The van der Waals surface area contributed by atoms with Gasteiger partial charge in [-0.1, -0.05) is 24.3 Å². The van der Waals surface area contributed by atoms with E-state index in [0.29, 0.717) is 18.0 Å². The van der Waals surface area contributed by atoms with Crippen LogP contribution >= 0.6 is 0 Å². The number of carbonyl (C=O) groups excluding carboxylic acids is 1. The number of imidazole rings is 1. The van der Waals surface area contributed by atoms with Crippen LogP contribution in [0.25, 0.3) is 11.0 Å². The van der Waals surface area contributed by atoms with Crippen LogP contribution in [-0.2, 0) is 17.9 Å². The molecule has 1 aliphatic rings. The van der Waals surface area contributed by atoms with E-state index in [2.05, 4.69) is 21.8 Å². The fourth-order valence-electron chi connectivity index (χ4n) is 3.29. The molecule has 1 aromatic heterocycles. The minimum Gasteiger partial charge on any atom is -0.482 e. The van der Waals surface area contributed by atoms with Crippen molar-refractivity contribution >= 4 is 16.9 Å². The standard InChI is InChI=1S/C20H21N3O3/c1-3-23-15-9-5-4-8-14(15)22-18(23)12-21-20(24)19-13(2)25-16-10-6-7-11-17(16)26-19/h4-11,13,19H,3,12H2,1-2H3,(H,21,24)/t13-,19-/m0/s1. The second kappa shape index (κ2) is 6.71. The maximum atomic E-state index is 12.7. The summed E-state index contributed by atoms with van der Waals surface area (Å²) in [4.78, 5) is 17.3. The van der Waals surface area contributed by atoms with Crippen molar-refractivity contribution in [3.8, 4) is 11.5 Å². The Labute approximate surface area is 151 Å². The van der Waals surface area contributed by atoms with Gasteiger partial charge in [0.25, 0.3) is 5.91 Å². The van der Waals surface area contributed by atoms with Crippen LogP contribution < -0.4 is 14.8 Å². The van der Waals surface area contributed by atoms with Crippen LogP contribution in [0.5, 0.6) is 11.5 Å². The number of carbonyl (C=O) groups is 1. The van der Waals surface area contributed by atoms with E-state index in [4.69, 9.17) is 9.47 Å². The number of nitrogens with zero attached hydrogens (tertiary/aromatic N) is 2. The first-order valence-electron chi connectivity index (χ1n) is 8.81. The van der Waals surface area contributed by atoms with Gasteiger partial charge in [-0.25, -0.2) is 4.98 Å². The number of aromatic nitrogens is 2. The average molecular weight is 351 g/mol. The number of aryl methyl sites for hydroxylation is 1. The van der Waals surface area contributed by atoms with Crippen LogP contribution in [0.15, 0.2) is 48.5 Å². The van der Waals surface area contributed by atoms with Crippen molar-refractivity contribution in [3.63, 3.8) is 0 Å². The Morgan fingerprint density at radius 3 is 2.58 bits per heavy atom. The van der Waals surface area contributed by atoms with E-state index in [1.165, 1.54) is 0 Å². The third kappa shape index (κ3) is 2.87. The van der Waals surface area contributed by atoms with Crippen LogP contribution in [0.1, 0.15) is 19.7 Å². The Bertz CT molecular complexity index is 950. The summed E-state index contributed by atoms with van der Waals surface area (Å²) in [5.41, 5.74) is 2.00. The molecule has 4 rings (SSSR count). The number of ether oxygens (including phenoxy) is 2. The monoisotopic (exact) mass is 351 g/mol. The van der Waals surface area contributed by atoms with Crippen molar-refractivity contribution < 1.29 is 14.3 Å². The van der Waals surface area contributed by atoms with Gasteiger partial charge in [-0.05, 0) is 38.1 Å². The van der Waals surface area contributed by atoms with Gasteiger partial charge in [0.05, 0.1) is 17.6 Å². The predicted octanol–water partition coefficient (Wildman–Crippen LogP) is 2.90. The molecule has 2 heterocycles. The Morgan fingerprint density at radius 2 is 1.81 bits per heavy atom. The molecule has 0 fully saturated rings. The van der Waals surface area contributed by atoms with E-state index < -0.39 is 6.10 Å². The number of benzene rings is 2. The molecule has 0 unspecified atom stereocenters. The molecule has 26 heavy (non-hydrogen) atoms. The van der Waals surface area contributed by atoms with E-state index in [1.807, 2.05) is 49.4 Å². The van der Waals surface area contributed by atoms with Crippen molar-refractivity contribution in [2.24, 2.45) is 0 Å². The molecule has 0 spiro atoms. The lowest BCUT2D eigenvalue weighted by molar-refractivity contribution is -0.133. The minimum absolute atomic E-state index is 0.207. The molecule has 2 atom stereocenters. The second-order valence-corrected chi connectivity index (χ2v) is 6.29. The summed E-state index contributed by atoms with van der Waals surface area (Å²) in [7, 11) is 0. The van der Waals surface area contributed by atoms with Gasteiger partial charge in [0, 0.05) is 6.54 Å². The Kier molecular flexibility index (Phi) is 4.24. The molecule has 6 heteroatoms. The molecule has 0 saturated heterocycles. The van der Waals surface area contributed by atoms with Crippen LogP contribution in [0.3, 0.4) is 0 Å². The highest BCUT2D eigenvalue weighted by Crippen LogP contribution is 2.33. The number of nitrogens with one attached hydrogen (secondary N) is 1. The van der Waals surface area contributed by atoms with Crippen molar-refractivity contribution in [2.75, 3.05) is 0 Å². The van der Waals surface area contributed by atoms with Crippen LogP contribution in [0.2, 0.25) is 0 Å². The largest absolute Gasteiger partial charge is 0.482 e. The molecule has 6 nitrogen and oxygen atoms in total. The summed E-state index contributed by atoms with van der Waals surface area (Å²) in [6.45, 7) is 5.03. The van der Waals surface area contributed by atoms with Gasteiger partial charge in [0.1, 0.15) is 11.9 Å². The lowest BCUT2D eigenvalue weighted by Gasteiger charge is -2.31. The van der Waals surface area contributed by atoms with E-state index in [-0.39, 0.29) is 12.0 Å². The Balaban J connectivity index is 1.49. The zero-order valence-electron chi connectivity index (χ0n) is 14.8. The van der Waals surface area contributed by atoms with E-state index in [1.54, 1.807) is 6.07 Å². The molecule has 1 aliphatic heterocycles. The van der Waals surface area contributed by atoms with E-state index in [9.17, 15) is 4.79 Å². The zero-order chi connectivity index (χ0) is 18.1. The number of rotatable bonds is 4. The first-order valence-corrected chi connectivity index (χ1v) is 8.81. The third-order valence-electron chi connectivity index (χ3n) is 4.57. The molecule has 0 saturated carbocycles. The van der Waals surface area contributed by atoms with Crippen LogP contribution in [0.4, 0.5) is 0 Å². The summed E-state index contributed by atoms with van der Waals surface area (Å²) < 4.78 is 13.8. The van der Waals surface area contributed by atoms with Crippen LogP contribution in [-0.4, -0.2) is 27.7 Å². The van der Waals surface area contributed by atoms with Crippen molar-refractivity contribution in [1.29, 1.82) is 0 Å². The highest BCUT2D eigenvalue weighted by Gasteiger charge is 2.34. The van der Waals surface area contributed by atoms with Gasteiger partial charge in [-0.15, -0.1) is 0 Å². The molecule has 1 amide bonds. The quantitative estimate of drug-likeness (QED) is 0.785. The lowest BCUT2D eigenvalue weighted by Crippen LogP contribution is -2.49. The molecule has 134 valence electrons. The van der Waals surface area contributed by atoms with E-state index in [0.717, 1.165) is 23.4 Å². The van der Waals surface area contributed by atoms with Gasteiger partial charge >= 0.3 is 0 Å². The third-order valence-corrected chi connectivity index (χ3v) is 4.57. The summed E-state index contributed by atoms with van der Waals surface area (Å²) in [5.74, 6) is 1.87. The fourth-order valence-corrected chi connectivity index (χ4v) is 3.29. The number of hydrogen-bond acceptors (Lipinski definition) is 4. The number of para-hydroxylation sites is 4. The number of hydrogen-bond donors (Lipinski definition) is 1. The van der Waals surface area contributed by atoms with Gasteiger partial charge in [-0.2, -0.15) is 0 Å². The zero-order valence-corrected chi connectivity index (χ0v) is 14.8. The number of amides is 1. The minimum atomic E-state index is -0.690. The van der Waals surface area contributed by atoms with E-state index >= 15 is 0 Å². The van der Waals surface area contributed by atoms with Crippen LogP contribution in [0, 0.1) is 0 Å². The first kappa shape index (κ1) is 16.4. The average Bonchev–Trinajstić information content (AvgIpc) is 3.03. The summed E-state index contributed by atoms with van der Waals surface area (Å²) >= 11 is 0. The molecule has 0 bridgehead atoms. The van der Waals surface area contributed by atoms with Gasteiger partial charge in [-0.3, -0.25) is 4.79 Å². The maximum Gasteiger partial charge on any atom is 0.265 e. The molecule has 1 N–H and O–H groups in total. The molecule has 0 radical (unpaired) electrons. The Hall–Kier alpha value is -3.02. The summed E-state index contributed by atoms with van der Waals surface area (Å²) in [6, 6.07) is 15.3. The molecular weight excluding hydrogens is 330 g/mol. The second-order valence-electron chi connectivity index (χ2n) is 6.29. The smallest absolute Gasteiger partial charge is 0.265 e. The Morgan fingerprint density at radius 1 is 1.12 bits per heavy atom. The highest BCUT2D eigenvalue weighted by molar-refractivity contribution is 5.82. The summed E-state index contributed by atoms with van der Waals surface area (Å²) in [5, 5.41) is 2.94.